The second-order valence-corrected chi connectivity index (χ2v) is 2.23. The van der Waals surface area contributed by atoms with Crippen molar-refractivity contribution in [3.05, 3.63) is 22.7 Å². The Morgan fingerprint density at radius 2 is 2.33 bits per heavy atom. The van der Waals surface area contributed by atoms with Gasteiger partial charge in [0.05, 0.1) is 0 Å². The summed E-state index contributed by atoms with van der Waals surface area (Å²) < 4.78 is 0. The molecule has 0 aliphatic heterocycles. The molecule has 9 heavy (non-hydrogen) atoms. The number of aldehydes is 1. The minimum absolute atomic E-state index is 0.525. The average molecular weight is 189 g/mol. The van der Waals surface area contributed by atoms with Gasteiger partial charge in [0.2, 0.25) is 0 Å². The molecule has 0 rings (SSSR count). The van der Waals surface area contributed by atoms with Gasteiger partial charge in [-0.15, -0.1) is 0 Å². The Balaban J connectivity index is 3.68. The van der Waals surface area contributed by atoms with Gasteiger partial charge in [-0.05, 0) is 11.9 Å². The summed E-state index contributed by atoms with van der Waals surface area (Å²) in [5, 5.41) is 0. The molecular formula is C7H9BrO. The van der Waals surface area contributed by atoms with Gasteiger partial charge in [-0.25, -0.2) is 0 Å². The maximum Gasteiger partial charge on any atom is 0.124 e. The van der Waals surface area contributed by atoms with E-state index in [0.29, 0.717) is 6.42 Å². The van der Waals surface area contributed by atoms with Crippen LogP contribution < -0.4 is 0 Å². The molecule has 1 nitrogen and oxygen atoms in total. The molecule has 0 N–H and O–H groups in total. The van der Waals surface area contributed by atoms with Gasteiger partial charge in [0, 0.05) is 6.42 Å². The second kappa shape index (κ2) is 5.76. The Morgan fingerprint density at radius 1 is 1.67 bits per heavy atom. The SMILES string of the molecule is C/C(=C/C=C/Br)CC=O. The number of rotatable bonds is 3. The van der Waals surface area contributed by atoms with Crippen LogP contribution in [-0.4, -0.2) is 6.29 Å². The predicted molar refractivity (Wildman–Crippen MR) is 42.5 cm³/mol. The molecule has 0 atom stereocenters. The lowest BCUT2D eigenvalue weighted by Crippen LogP contribution is -1.75. The van der Waals surface area contributed by atoms with E-state index in [-0.39, 0.29) is 0 Å². The highest BCUT2D eigenvalue weighted by Gasteiger charge is 1.81. The molecule has 0 bridgehead atoms. The molecule has 0 amide bonds. The molecule has 0 saturated carbocycles. The summed E-state index contributed by atoms with van der Waals surface area (Å²) in [5.74, 6) is 0. The van der Waals surface area contributed by atoms with Gasteiger partial charge in [-0.1, -0.05) is 33.7 Å². The molecular weight excluding hydrogens is 180 g/mol. The predicted octanol–water partition coefficient (Wildman–Crippen LogP) is 2.43. The number of hydrogen-bond acceptors (Lipinski definition) is 1. The van der Waals surface area contributed by atoms with E-state index < -0.39 is 0 Å². The molecule has 0 radical (unpaired) electrons. The van der Waals surface area contributed by atoms with Gasteiger partial charge in [0.25, 0.3) is 0 Å². The molecule has 2 heteroatoms. The van der Waals surface area contributed by atoms with Crippen LogP contribution in [0.1, 0.15) is 13.3 Å². The van der Waals surface area contributed by atoms with Gasteiger partial charge < -0.3 is 4.79 Å². The van der Waals surface area contributed by atoms with Crippen molar-refractivity contribution in [2.45, 2.75) is 13.3 Å². The fraction of sp³-hybridized carbons (Fsp3) is 0.286. The summed E-state index contributed by atoms with van der Waals surface area (Å²) in [6.45, 7) is 1.92. The maximum absolute atomic E-state index is 9.90. The molecule has 0 aromatic carbocycles. The third kappa shape index (κ3) is 5.50. The fourth-order valence-electron chi connectivity index (χ4n) is 0.400. The van der Waals surface area contributed by atoms with Gasteiger partial charge in [0.15, 0.2) is 0 Å². The van der Waals surface area contributed by atoms with E-state index in [1.807, 2.05) is 19.1 Å². The summed E-state index contributed by atoms with van der Waals surface area (Å²) in [6.07, 6.45) is 5.16. The Kier molecular flexibility index (Phi) is 5.52. The van der Waals surface area contributed by atoms with Crippen LogP contribution in [-0.2, 0) is 4.79 Å². The molecule has 0 fully saturated rings. The van der Waals surface area contributed by atoms with Crippen molar-refractivity contribution in [3.8, 4) is 0 Å². The lowest BCUT2D eigenvalue weighted by atomic mass is 10.2. The number of hydrogen-bond donors (Lipinski definition) is 0. The van der Waals surface area contributed by atoms with Crippen molar-refractivity contribution >= 4 is 22.2 Å². The smallest absolute Gasteiger partial charge is 0.124 e. The molecule has 0 heterocycles. The monoisotopic (exact) mass is 188 g/mol. The third-order valence-corrected chi connectivity index (χ3v) is 1.16. The van der Waals surface area contributed by atoms with Crippen molar-refractivity contribution in [3.63, 3.8) is 0 Å². The Morgan fingerprint density at radius 3 is 2.78 bits per heavy atom. The molecule has 0 aliphatic rings. The minimum atomic E-state index is 0.525. The van der Waals surface area contributed by atoms with E-state index in [9.17, 15) is 4.79 Å². The van der Waals surface area contributed by atoms with E-state index in [0.717, 1.165) is 11.9 Å². The quantitative estimate of drug-likeness (QED) is 0.492. The van der Waals surface area contributed by atoms with Crippen molar-refractivity contribution in [1.82, 2.24) is 0 Å². The number of carbonyl (C=O) groups excluding carboxylic acids is 1. The van der Waals surface area contributed by atoms with Crippen molar-refractivity contribution < 1.29 is 4.79 Å². The second-order valence-electron chi connectivity index (χ2n) is 1.70. The van der Waals surface area contributed by atoms with E-state index in [4.69, 9.17) is 0 Å². The first-order valence-corrected chi connectivity index (χ1v) is 3.59. The Hall–Kier alpha value is -0.370. The zero-order valence-corrected chi connectivity index (χ0v) is 6.89. The largest absolute Gasteiger partial charge is 0.303 e. The fourth-order valence-corrected chi connectivity index (χ4v) is 0.553. The van der Waals surface area contributed by atoms with Crippen molar-refractivity contribution in [1.29, 1.82) is 0 Å². The van der Waals surface area contributed by atoms with Crippen LogP contribution in [0.5, 0.6) is 0 Å². The highest BCUT2D eigenvalue weighted by molar-refractivity contribution is 9.11. The number of halogens is 1. The Bertz CT molecular complexity index is 136. The highest BCUT2D eigenvalue weighted by atomic mass is 79.9. The van der Waals surface area contributed by atoms with Crippen LogP contribution in [0.2, 0.25) is 0 Å². The zero-order chi connectivity index (χ0) is 7.11. The molecule has 50 valence electrons. The number of carbonyl (C=O) groups is 1. The van der Waals surface area contributed by atoms with Gasteiger partial charge in [-0.2, -0.15) is 0 Å². The topological polar surface area (TPSA) is 17.1 Å². The summed E-state index contributed by atoms with van der Waals surface area (Å²) >= 11 is 3.12. The van der Waals surface area contributed by atoms with Gasteiger partial charge >= 0.3 is 0 Å². The highest BCUT2D eigenvalue weighted by Crippen LogP contribution is 1.97. The molecule has 0 spiro atoms. The first kappa shape index (κ1) is 8.63. The summed E-state index contributed by atoms with van der Waals surface area (Å²) in [5.41, 5.74) is 1.07. The van der Waals surface area contributed by atoms with E-state index in [1.54, 1.807) is 4.99 Å². The van der Waals surface area contributed by atoms with Gasteiger partial charge in [0.1, 0.15) is 6.29 Å². The Labute approximate surface area is 63.6 Å². The first-order valence-electron chi connectivity index (χ1n) is 2.67. The molecule has 0 unspecified atom stereocenters. The van der Waals surface area contributed by atoms with Crippen LogP contribution in [0.4, 0.5) is 0 Å². The van der Waals surface area contributed by atoms with E-state index in [1.165, 1.54) is 0 Å². The van der Waals surface area contributed by atoms with Crippen LogP contribution in [0.15, 0.2) is 22.7 Å². The van der Waals surface area contributed by atoms with Crippen molar-refractivity contribution in [2.24, 2.45) is 0 Å². The first-order chi connectivity index (χ1) is 4.31. The van der Waals surface area contributed by atoms with Crippen LogP contribution in [0.25, 0.3) is 0 Å². The molecule has 0 aromatic heterocycles. The van der Waals surface area contributed by atoms with E-state index in [2.05, 4.69) is 15.9 Å². The van der Waals surface area contributed by atoms with E-state index >= 15 is 0 Å². The van der Waals surface area contributed by atoms with Crippen LogP contribution in [0, 0.1) is 0 Å². The average Bonchev–Trinajstić information content (AvgIpc) is 1.85. The summed E-state index contributed by atoms with van der Waals surface area (Å²) in [7, 11) is 0. The van der Waals surface area contributed by atoms with Gasteiger partial charge in [-0.3, -0.25) is 0 Å². The normalized spacial score (nSPS) is 12.4. The summed E-state index contributed by atoms with van der Waals surface area (Å²) in [4.78, 5) is 11.7. The van der Waals surface area contributed by atoms with Crippen LogP contribution in [0.3, 0.4) is 0 Å². The molecule has 0 aromatic rings. The lowest BCUT2D eigenvalue weighted by Gasteiger charge is -1.86. The van der Waals surface area contributed by atoms with Crippen molar-refractivity contribution in [2.75, 3.05) is 0 Å². The molecule has 0 aliphatic carbocycles. The molecule has 0 saturated heterocycles. The van der Waals surface area contributed by atoms with Crippen LogP contribution >= 0.6 is 15.9 Å². The zero-order valence-electron chi connectivity index (χ0n) is 5.30. The standard InChI is InChI=1S/C7H9BrO/c1-7(4-6-9)3-2-5-8/h2-3,5-6H,4H2,1H3/b5-2+,7-3-. The third-order valence-electron chi connectivity index (χ3n) is 0.859. The number of allylic oxidation sites excluding steroid dienone is 3. The maximum atomic E-state index is 9.90. The summed E-state index contributed by atoms with van der Waals surface area (Å²) in [6, 6.07) is 0. The lowest BCUT2D eigenvalue weighted by molar-refractivity contribution is -0.107. The minimum Gasteiger partial charge on any atom is -0.303 e.